The van der Waals surface area contributed by atoms with Crippen LogP contribution in [0.3, 0.4) is 0 Å². The van der Waals surface area contributed by atoms with Crippen LogP contribution in [0.5, 0.6) is 0 Å². The highest BCUT2D eigenvalue weighted by Gasteiger charge is 2.30. The van der Waals surface area contributed by atoms with Gasteiger partial charge in [-0.2, -0.15) is 0 Å². The minimum atomic E-state index is 0.653. The van der Waals surface area contributed by atoms with E-state index in [0.717, 1.165) is 36.5 Å². The van der Waals surface area contributed by atoms with Crippen LogP contribution in [0.2, 0.25) is 0 Å². The number of unbranched alkanes of at least 4 members (excludes halogenated alkanes) is 15. The predicted molar refractivity (Wildman–Crippen MR) is 181 cm³/mol. The number of isocyanates is 2. The average molecular weight is 587 g/mol. The SMILES string of the molecule is CCCCCCC1CCCCC1CC(CCCCCCCCN=C=O)C(CCCCC)CCCCCCCCN=C=O. The van der Waals surface area contributed by atoms with Gasteiger partial charge in [0.25, 0.3) is 0 Å². The number of hydrogen-bond donors (Lipinski definition) is 0. The topological polar surface area (TPSA) is 58.9 Å². The number of hydrogen-bond acceptors (Lipinski definition) is 4. The van der Waals surface area contributed by atoms with Gasteiger partial charge in [0.05, 0.1) is 13.1 Å². The molecule has 4 heteroatoms. The van der Waals surface area contributed by atoms with E-state index >= 15 is 0 Å². The van der Waals surface area contributed by atoms with E-state index in [1.54, 1.807) is 12.2 Å². The second-order valence-corrected chi connectivity index (χ2v) is 13.7. The van der Waals surface area contributed by atoms with Crippen LogP contribution in [0.15, 0.2) is 9.98 Å². The molecule has 4 nitrogen and oxygen atoms in total. The van der Waals surface area contributed by atoms with Gasteiger partial charge in [-0.1, -0.05) is 174 Å². The fourth-order valence-corrected chi connectivity index (χ4v) is 7.72. The molecule has 0 heterocycles. The smallest absolute Gasteiger partial charge is 0.211 e. The van der Waals surface area contributed by atoms with E-state index in [-0.39, 0.29) is 0 Å². The van der Waals surface area contributed by atoms with Gasteiger partial charge in [-0.3, -0.25) is 0 Å². The van der Waals surface area contributed by atoms with E-state index in [0.29, 0.717) is 13.1 Å². The van der Waals surface area contributed by atoms with Gasteiger partial charge in [0.15, 0.2) is 0 Å². The molecule has 0 aromatic carbocycles. The van der Waals surface area contributed by atoms with Crippen LogP contribution in [0.4, 0.5) is 0 Å². The van der Waals surface area contributed by atoms with Crippen molar-refractivity contribution in [1.29, 1.82) is 0 Å². The highest BCUT2D eigenvalue weighted by molar-refractivity contribution is 5.32. The maximum Gasteiger partial charge on any atom is 0.234 e. The highest BCUT2D eigenvalue weighted by Crippen LogP contribution is 2.42. The quantitative estimate of drug-likeness (QED) is 0.0477. The second-order valence-electron chi connectivity index (χ2n) is 13.7. The van der Waals surface area contributed by atoms with E-state index in [1.165, 1.54) is 167 Å². The summed E-state index contributed by atoms with van der Waals surface area (Å²) in [5.41, 5.74) is 0. The Morgan fingerprint density at radius 3 is 1.50 bits per heavy atom. The van der Waals surface area contributed by atoms with E-state index < -0.39 is 0 Å². The Bertz CT molecular complexity index is 683. The Balaban J connectivity index is 2.71. The summed E-state index contributed by atoms with van der Waals surface area (Å²) >= 11 is 0. The molecule has 0 saturated heterocycles. The molecule has 0 N–H and O–H groups in total. The lowest BCUT2D eigenvalue weighted by atomic mass is 9.68. The summed E-state index contributed by atoms with van der Waals surface area (Å²) in [7, 11) is 0. The van der Waals surface area contributed by atoms with Crippen molar-refractivity contribution in [2.75, 3.05) is 13.1 Å². The Hall–Kier alpha value is -1.24. The Labute approximate surface area is 261 Å². The average Bonchev–Trinajstić information content (AvgIpc) is 3.01. The van der Waals surface area contributed by atoms with Crippen LogP contribution in [0, 0.1) is 23.7 Å². The zero-order valence-electron chi connectivity index (χ0n) is 28.2. The van der Waals surface area contributed by atoms with E-state index in [9.17, 15) is 9.59 Å². The number of rotatable bonds is 30. The molecule has 4 unspecified atom stereocenters. The molecule has 1 saturated carbocycles. The summed E-state index contributed by atoms with van der Waals surface area (Å²) < 4.78 is 0. The van der Waals surface area contributed by atoms with Crippen molar-refractivity contribution < 1.29 is 9.59 Å². The van der Waals surface area contributed by atoms with Gasteiger partial charge < -0.3 is 0 Å². The first-order valence-electron chi connectivity index (χ1n) is 18.8. The van der Waals surface area contributed by atoms with Crippen LogP contribution in [-0.4, -0.2) is 25.2 Å². The third-order valence-electron chi connectivity index (χ3n) is 10.3. The van der Waals surface area contributed by atoms with Gasteiger partial charge in [-0.05, 0) is 42.9 Å². The molecule has 0 radical (unpaired) electrons. The standard InChI is InChI=1S/C38H70N2O2/c1-3-5-7-17-25-36-27-20-21-29-38(36)32-37(28-19-13-9-11-15-23-31-40-34-42)35(24-16-6-4-2)26-18-12-8-10-14-22-30-39-33-41/h35-38H,3-32H2,1-2H3. The largest absolute Gasteiger partial charge is 0.234 e. The first-order chi connectivity index (χ1) is 20.8. The summed E-state index contributed by atoms with van der Waals surface area (Å²) in [6, 6.07) is 0. The molecular formula is C38H70N2O2. The molecule has 0 aliphatic heterocycles. The van der Waals surface area contributed by atoms with Gasteiger partial charge in [-0.15, -0.1) is 0 Å². The van der Waals surface area contributed by atoms with Crippen molar-refractivity contribution >= 4 is 12.2 Å². The lowest BCUT2D eigenvalue weighted by molar-refractivity contribution is 0.140. The third kappa shape index (κ3) is 21.4. The van der Waals surface area contributed by atoms with E-state index in [4.69, 9.17) is 0 Å². The molecule has 244 valence electrons. The molecule has 1 fully saturated rings. The lowest BCUT2D eigenvalue weighted by Gasteiger charge is -2.37. The minimum Gasteiger partial charge on any atom is -0.211 e. The van der Waals surface area contributed by atoms with E-state index in [2.05, 4.69) is 23.8 Å². The van der Waals surface area contributed by atoms with Crippen LogP contribution >= 0.6 is 0 Å². The summed E-state index contributed by atoms with van der Waals surface area (Å²) in [6.45, 7) is 5.99. The van der Waals surface area contributed by atoms with Gasteiger partial charge in [0.1, 0.15) is 0 Å². The van der Waals surface area contributed by atoms with Gasteiger partial charge in [0, 0.05) is 0 Å². The molecular weight excluding hydrogens is 516 g/mol. The number of carbonyl (C=O) groups excluding carboxylic acids is 2. The fraction of sp³-hybridized carbons (Fsp3) is 0.947. The Morgan fingerprint density at radius 2 is 0.952 bits per heavy atom. The molecule has 42 heavy (non-hydrogen) atoms. The third-order valence-corrected chi connectivity index (χ3v) is 10.3. The van der Waals surface area contributed by atoms with Crippen molar-refractivity contribution in [3.05, 3.63) is 0 Å². The molecule has 0 amide bonds. The van der Waals surface area contributed by atoms with E-state index in [1.807, 2.05) is 0 Å². The fourth-order valence-electron chi connectivity index (χ4n) is 7.72. The molecule has 0 aromatic rings. The zero-order chi connectivity index (χ0) is 30.4. The Kier molecular flexibility index (Phi) is 27.5. The molecule has 0 aromatic heterocycles. The van der Waals surface area contributed by atoms with Crippen molar-refractivity contribution in [1.82, 2.24) is 0 Å². The van der Waals surface area contributed by atoms with Gasteiger partial charge >= 0.3 is 0 Å². The normalized spacial score (nSPS) is 18.2. The zero-order valence-corrected chi connectivity index (χ0v) is 28.2. The van der Waals surface area contributed by atoms with Gasteiger partial charge in [-0.25, -0.2) is 19.6 Å². The minimum absolute atomic E-state index is 0.653. The van der Waals surface area contributed by atoms with Crippen molar-refractivity contribution in [2.45, 2.75) is 194 Å². The monoisotopic (exact) mass is 587 g/mol. The summed E-state index contributed by atoms with van der Waals surface area (Å²) in [4.78, 5) is 27.9. The van der Waals surface area contributed by atoms with Crippen LogP contribution < -0.4 is 0 Å². The summed E-state index contributed by atoms with van der Waals surface area (Å²) in [5.74, 6) is 3.81. The van der Waals surface area contributed by atoms with Crippen molar-refractivity contribution in [2.24, 2.45) is 33.7 Å². The highest BCUT2D eigenvalue weighted by atomic mass is 16.1. The lowest BCUT2D eigenvalue weighted by Crippen LogP contribution is -2.26. The van der Waals surface area contributed by atoms with Crippen LogP contribution in [-0.2, 0) is 9.59 Å². The first-order valence-corrected chi connectivity index (χ1v) is 18.8. The van der Waals surface area contributed by atoms with Crippen molar-refractivity contribution in [3.63, 3.8) is 0 Å². The maximum absolute atomic E-state index is 10.3. The number of aliphatic imine (C=N–C) groups is 2. The van der Waals surface area contributed by atoms with Crippen LogP contribution in [0.1, 0.15) is 194 Å². The summed E-state index contributed by atoms with van der Waals surface area (Å²) in [6.07, 6.45) is 41.6. The van der Waals surface area contributed by atoms with Crippen LogP contribution in [0.25, 0.3) is 0 Å². The molecule has 4 atom stereocenters. The molecule has 0 spiro atoms. The second kappa shape index (κ2) is 29.8. The first kappa shape index (κ1) is 38.8. The molecule has 1 aliphatic carbocycles. The maximum atomic E-state index is 10.3. The molecule has 1 aliphatic rings. The van der Waals surface area contributed by atoms with Gasteiger partial charge in [0.2, 0.25) is 12.2 Å². The molecule has 1 rings (SSSR count). The Morgan fingerprint density at radius 1 is 0.524 bits per heavy atom. The summed E-state index contributed by atoms with van der Waals surface area (Å²) in [5, 5.41) is 0. The number of nitrogens with zero attached hydrogens (tertiary/aromatic N) is 2. The van der Waals surface area contributed by atoms with Crippen molar-refractivity contribution in [3.8, 4) is 0 Å². The predicted octanol–water partition coefficient (Wildman–Crippen LogP) is 12.1. The molecule has 0 bridgehead atoms.